The second-order valence-electron chi connectivity index (χ2n) is 4.85. The van der Waals surface area contributed by atoms with E-state index < -0.39 is 6.09 Å². The standard InChI is InChI=1S/C16H24ClN3O6/c1-18-16(22)26-11-10-25-9-8-24-7-6-23-5-4-19-15(21)13-2-3-14(17)20-12-13/h2-3,12H,4-11H2,1H3,(H,18,22)(H,19,21). The van der Waals surface area contributed by atoms with Gasteiger partial charge in [0.1, 0.15) is 11.8 Å². The highest BCUT2D eigenvalue weighted by atomic mass is 35.5. The van der Waals surface area contributed by atoms with Gasteiger partial charge in [-0.3, -0.25) is 4.79 Å². The van der Waals surface area contributed by atoms with Crippen LogP contribution in [-0.2, 0) is 18.9 Å². The molecular formula is C16H24ClN3O6. The minimum absolute atomic E-state index is 0.195. The third-order valence-corrected chi connectivity index (χ3v) is 3.15. The highest BCUT2D eigenvalue weighted by Crippen LogP contribution is 2.04. The van der Waals surface area contributed by atoms with Crippen LogP contribution in [0.5, 0.6) is 0 Å². The summed E-state index contributed by atoms with van der Waals surface area (Å²) in [6.45, 7) is 2.94. The fraction of sp³-hybridized carbons (Fsp3) is 0.562. The number of ether oxygens (including phenoxy) is 4. The van der Waals surface area contributed by atoms with E-state index in [2.05, 4.69) is 15.6 Å². The number of halogens is 1. The molecule has 0 fully saturated rings. The molecule has 0 aromatic carbocycles. The molecule has 0 aliphatic carbocycles. The zero-order valence-electron chi connectivity index (χ0n) is 14.7. The summed E-state index contributed by atoms with van der Waals surface area (Å²) in [4.78, 5) is 26.4. The first-order valence-electron chi connectivity index (χ1n) is 8.11. The van der Waals surface area contributed by atoms with Gasteiger partial charge in [-0.15, -0.1) is 0 Å². The van der Waals surface area contributed by atoms with Gasteiger partial charge in [0, 0.05) is 19.8 Å². The fourth-order valence-corrected chi connectivity index (χ4v) is 1.77. The average Bonchev–Trinajstić information content (AvgIpc) is 2.65. The van der Waals surface area contributed by atoms with E-state index in [1.54, 1.807) is 12.1 Å². The molecule has 10 heteroatoms. The number of hydrogen-bond acceptors (Lipinski definition) is 7. The molecule has 2 N–H and O–H groups in total. The summed E-state index contributed by atoms with van der Waals surface area (Å²) in [5, 5.41) is 5.39. The maximum atomic E-state index is 11.8. The molecule has 0 spiro atoms. The van der Waals surface area contributed by atoms with Gasteiger partial charge in [0.05, 0.1) is 45.2 Å². The summed E-state index contributed by atoms with van der Waals surface area (Å²) in [6, 6.07) is 3.16. The van der Waals surface area contributed by atoms with Crippen LogP contribution in [0.4, 0.5) is 4.79 Å². The van der Waals surface area contributed by atoms with Crippen molar-refractivity contribution in [3.05, 3.63) is 29.0 Å². The van der Waals surface area contributed by atoms with Gasteiger partial charge in [-0.05, 0) is 12.1 Å². The lowest BCUT2D eigenvalue weighted by molar-refractivity contribution is 0.00631. The molecule has 0 aliphatic rings. The molecule has 1 aromatic heterocycles. The molecule has 0 atom stereocenters. The van der Waals surface area contributed by atoms with Crippen molar-refractivity contribution in [2.45, 2.75) is 0 Å². The number of aromatic nitrogens is 1. The van der Waals surface area contributed by atoms with E-state index in [9.17, 15) is 9.59 Å². The lowest BCUT2D eigenvalue weighted by Crippen LogP contribution is -2.27. The zero-order valence-corrected chi connectivity index (χ0v) is 15.4. The smallest absolute Gasteiger partial charge is 0.406 e. The molecule has 0 aliphatic heterocycles. The zero-order chi connectivity index (χ0) is 19.0. The molecule has 2 amide bonds. The van der Waals surface area contributed by atoms with Crippen LogP contribution in [0.25, 0.3) is 0 Å². The quantitative estimate of drug-likeness (QED) is 0.380. The summed E-state index contributed by atoms with van der Waals surface area (Å²) in [5.74, 6) is -0.230. The predicted octanol–water partition coefficient (Wildman–Crippen LogP) is 0.871. The summed E-state index contributed by atoms with van der Waals surface area (Å²) in [6.07, 6.45) is 0.932. The van der Waals surface area contributed by atoms with Gasteiger partial charge in [-0.25, -0.2) is 9.78 Å². The molecule has 1 heterocycles. The summed E-state index contributed by atoms with van der Waals surface area (Å²) in [7, 11) is 1.49. The first kappa shape index (κ1) is 22.1. The van der Waals surface area contributed by atoms with Gasteiger partial charge >= 0.3 is 6.09 Å². The predicted molar refractivity (Wildman–Crippen MR) is 94.4 cm³/mol. The van der Waals surface area contributed by atoms with Gasteiger partial charge in [0.25, 0.3) is 5.91 Å². The molecule has 26 heavy (non-hydrogen) atoms. The van der Waals surface area contributed by atoms with Crippen molar-refractivity contribution in [3.63, 3.8) is 0 Å². The van der Waals surface area contributed by atoms with Crippen LogP contribution < -0.4 is 10.6 Å². The molecule has 0 saturated carbocycles. The summed E-state index contributed by atoms with van der Waals surface area (Å²) in [5.41, 5.74) is 0.443. The summed E-state index contributed by atoms with van der Waals surface area (Å²) < 4.78 is 20.6. The Labute approximate surface area is 157 Å². The van der Waals surface area contributed by atoms with Crippen molar-refractivity contribution in [1.82, 2.24) is 15.6 Å². The average molecular weight is 390 g/mol. The lowest BCUT2D eigenvalue weighted by Gasteiger charge is -2.08. The normalized spacial score (nSPS) is 10.4. The topological polar surface area (TPSA) is 108 Å². The Morgan fingerprint density at radius 1 is 1.00 bits per heavy atom. The number of nitrogens with zero attached hydrogens (tertiary/aromatic N) is 1. The van der Waals surface area contributed by atoms with Crippen LogP contribution in [0, 0.1) is 0 Å². The SMILES string of the molecule is CNC(=O)OCCOCCOCCOCCNC(=O)c1ccc(Cl)nc1. The Morgan fingerprint density at radius 2 is 1.62 bits per heavy atom. The Hall–Kier alpha value is -1.94. The fourth-order valence-electron chi connectivity index (χ4n) is 1.66. The number of nitrogens with one attached hydrogen (secondary N) is 2. The lowest BCUT2D eigenvalue weighted by atomic mass is 10.3. The second-order valence-corrected chi connectivity index (χ2v) is 5.24. The Kier molecular flexibility index (Phi) is 12.1. The van der Waals surface area contributed by atoms with E-state index in [4.69, 9.17) is 30.5 Å². The molecule has 0 bridgehead atoms. The maximum Gasteiger partial charge on any atom is 0.406 e. The largest absolute Gasteiger partial charge is 0.447 e. The van der Waals surface area contributed by atoms with Crippen LogP contribution in [0.1, 0.15) is 10.4 Å². The van der Waals surface area contributed by atoms with Crippen molar-refractivity contribution < 1.29 is 28.5 Å². The van der Waals surface area contributed by atoms with Gasteiger partial charge in [0.2, 0.25) is 0 Å². The molecule has 146 valence electrons. The number of pyridine rings is 1. The van der Waals surface area contributed by atoms with Crippen LogP contribution >= 0.6 is 11.6 Å². The third kappa shape index (κ3) is 10.8. The number of rotatable bonds is 13. The number of amides is 2. The maximum absolute atomic E-state index is 11.8. The van der Waals surface area contributed by atoms with Crippen LogP contribution in [0.3, 0.4) is 0 Å². The van der Waals surface area contributed by atoms with E-state index in [1.807, 2.05) is 0 Å². The van der Waals surface area contributed by atoms with Crippen LogP contribution in [-0.4, -0.2) is 76.8 Å². The molecule has 0 unspecified atom stereocenters. The molecule has 9 nitrogen and oxygen atoms in total. The number of alkyl carbamates (subject to hydrolysis) is 1. The van der Waals surface area contributed by atoms with Gasteiger partial charge in [-0.1, -0.05) is 11.6 Å². The second kappa shape index (κ2) is 14.3. The Balaban J connectivity index is 1.85. The molecule has 1 aromatic rings. The van der Waals surface area contributed by atoms with Crippen molar-refractivity contribution in [2.24, 2.45) is 0 Å². The van der Waals surface area contributed by atoms with Crippen molar-refractivity contribution in [1.29, 1.82) is 0 Å². The van der Waals surface area contributed by atoms with Crippen LogP contribution in [0.2, 0.25) is 5.15 Å². The summed E-state index contributed by atoms with van der Waals surface area (Å²) >= 11 is 5.66. The highest BCUT2D eigenvalue weighted by Gasteiger charge is 2.04. The van der Waals surface area contributed by atoms with Crippen molar-refractivity contribution in [2.75, 3.05) is 59.8 Å². The first-order chi connectivity index (χ1) is 12.6. The van der Waals surface area contributed by atoms with Crippen LogP contribution in [0.15, 0.2) is 18.3 Å². The number of hydrogen-bond donors (Lipinski definition) is 2. The molecule has 0 radical (unpaired) electrons. The first-order valence-corrected chi connectivity index (χ1v) is 8.48. The van der Waals surface area contributed by atoms with Gasteiger partial charge < -0.3 is 29.6 Å². The Morgan fingerprint density at radius 3 is 2.19 bits per heavy atom. The minimum Gasteiger partial charge on any atom is -0.447 e. The van der Waals surface area contributed by atoms with E-state index in [0.717, 1.165) is 0 Å². The molecular weight excluding hydrogens is 366 g/mol. The van der Waals surface area contributed by atoms with E-state index in [0.29, 0.717) is 56.9 Å². The number of carbonyl (C=O) groups is 2. The van der Waals surface area contributed by atoms with E-state index in [-0.39, 0.29) is 12.5 Å². The third-order valence-electron chi connectivity index (χ3n) is 2.93. The van der Waals surface area contributed by atoms with Crippen molar-refractivity contribution >= 4 is 23.6 Å². The van der Waals surface area contributed by atoms with Crippen molar-refractivity contribution in [3.8, 4) is 0 Å². The molecule has 1 rings (SSSR count). The monoisotopic (exact) mass is 389 g/mol. The van der Waals surface area contributed by atoms with E-state index in [1.165, 1.54) is 13.2 Å². The minimum atomic E-state index is -0.483. The molecule has 0 saturated heterocycles. The van der Waals surface area contributed by atoms with Gasteiger partial charge in [-0.2, -0.15) is 0 Å². The number of carbonyl (C=O) groups excluding carboxylic acids is 2. The van der Waals surface area contributed by atoms with E-state index >= 15 is 0 Å². The Bertz CT molecular complexity index is 529. The highest BCUT2D eigenvalue weighted by molar-refractivity contribution is 6.29. The van der Waals surface area contributed by atoms with Gasteiger partial charge in [0.15, 0.2) is 0 Å².